The first-order valence-corrected chi connectivity index (χ1v) is 12.9. The van der Waals surface area contributed by atoms with Gasteiger partial charge in [-0.25, -0.2) is 19.7 Å². The average Bonchev–Trinajstić information content (AvgIpc) is 3.60. The highest BCUT2D eigenvalue weighted by Gasteiger charge is 2.41. The first-order valence-electron chi connectivity index (χ1n) is 12.9. The number of carbonyl (C=O) groups excluding carboxylic acids is 2. The van der Waals surface area contributed by atoms with Crippen LogP contribution in [-0.4, -0.2) is 50.7 Å². The Kier molecular flexibility index (Phi) is 7.28. The van der Waals surface area contributed by atoms with Gasteiger partial charge < -0.3 is 18.7 Å². The van der Waals surface area contributed by atoms with E-state index in [0.717, 1.165) is 40.3 Å². The van der Waals surface area contributed by atoms with Gasteiger partial charge in [-0.3, -0.25) is 4.79 Å². The monoisotopic (exact) mass is 517 g/mol. The van der Waals surface area contributed by atoms with Gasteiger partial charge in [0.25, 0.3) is 5.91 Å². The summed E-state index contributed by atoms with van der Waals surface area (Å²) in [6, 6.07) is 14.8. The van der Waals surface area contributed by atoms with E-state index in [2.05, 4.69) is 9.97 Å². The maximum absolute atomic E-state index is 12.8. The van der Waals surface area contributed by atoms with Crippen LogP contribution in [0.2, 0.25) is 0 Å². The van der Waals surface area contributed by atoms with Crippen molar-refractivity contribution in [3.63, 3.8) is 0 Å². The third-order valence-electron chi connectivity index (χ3n) is 6.84. The molecular formula is C29H31N3O6. The van der Waals surface area contributed by atoms with Gasteiger partial charge in [-0.1, -0.05) is 38.1 Å². The summed E-state index contributed by atoms with van der Waals surface area (Å²) in [5, 5.41) is 10.6. The Morgan fingerprint density at radius 3 is 2.66 bits per heavy atom. The fourth-order valence-electron chi connectivity index (χ4n) is 4.68. The van der Waals surface area contributed by atoms with Crippen molar-refractivity contribution in [1.29, 1.82) is 0 Å². The van der Waals surface area contributed by atoms with E-state index in [1.807, 2.05) is 51.1 Å². The van der Waals surface area contributed by atoms with Crippen molar-refractivity contribution >= 4 is 23.1 Å². The Bertz CT molecular complexity index is 1440. The van der Waals surface area contributed by atoms with E-state index in [1.54, 1.807) is 18.2 Å². The number of amides is 2. The summed E-state index contributed by atoms with van der Waals surface area (Å²) in [6.45, 7) is 5.88. The van der Waals surface area contributed by atoms with Crippen LogP contribution in [0.15, 0.2) is 57.4 Å². The number of ether oxygens (including phenoxy) is 1. The largest absolute Gasteiger partial charge is 0.447 e. The second-order valence-corrected chi connectivity index (χ2v) is 9.97. The number of cyclic esters (lactones) is 1. The maximum atomic E-state index is 12.8. The van der Waals surface area contributed by atoms with Gasteiger partial charge in [0.05, 0.1) is 11.7 Å². The topological polar surface area (TPSA) is 119 Å². The van der Waals surface area contributed by atoms with Crippen molar-refractivity contribution in [2.24, 2.45) is 5.92 Å². The van der Waals surface area contributed by atoms with Crippen LogP contribution < -0.4 is 0 Å². The molecule has 0 unspecified atom stereocenters. The number of imide groups is 1. The van der Waals surface area contributed by atoms with Gasteiger partial charge in [-0.15, -0.1) is 0 Å². The molecule has 0 radical (unpaired) electrons. The number of carbonyl (C=O) groups is 2. The molecule has 5 rings (SSSR count). The number of nitrogens with zero attached hydrogens (tertiary/aromatic N) is 3. The molecule has 0 saturated carbocycles. The molecule has 1 N–H and O–H groups in total. The maximum Gasteiger partial charge on any atom is 0.417 e. The van der Waals surface area contributed by atoms with Gasteiger partial charge in [-0.05, 0) is 55.5 Å². The number of aliphatic hydroxyl groups is 1. The molecule has 2 aromatic carbocycles. The molecule has 1 aliphatic rings. The SMILES string of the molecule is Cc1oc(-c2ccccc2)nc1CCCc1nc2cc(C[C@H](O)C(=O)N3C(=O)OC[C@@H]3C(C)C)ccc2o1. The molecule has 198 valence electrons. The Balaban J connectivity index is 1.20. The summed E-state index contributed by atoms with van der Waals surface area (Å²) in [5.74, 6) is 1.42. The minimum atomic E-state index is -1.36. The van der Waals surface area contributed by atoms with E-state index >= 15 is 0 Å². The molecule has 38 heavy (non-hydrogen) atoms. The minimum absolute atomic E-state index is 0.0293. The van der Waals surface area contributed by atoms with E-state index in [9.17, 15) is 14.7 Å². The van der Waals surface area contributed by atoms with Gasteiger partial charge in [0.2, 0.25) is 5.89 Å². The summed E-state index contributed by atoms with van der Waals surface area (Å²) in [6.07, 6.45) is 0.138. The fraction of sp³-hybridized carbons (Fsp3) is 0.379. The van der Waals surface area contributed by atoms with E-state index in [1.165, 1.54) is 0 Å². The number of rotatable bonds is 9. The smallest absolute Gasteiger partial charge is 0.417 e. The second-order valence-electron chi connectivity index (χ2n) is 9.97. The first-order chi connectivity index (χ1) is 18.3. The number of oxazole rings is 2. The molecule has 9 heteroatoms. The summed E-state index contributed by atoms with van der Waals surface area (Å²) < 4.78 is 16.8. The lowest BCUT2D eigenvalue weighted by atomic mass is 10.0. The molecule has 3 heterocycles. The Labute approximate surface area is 220 Å². The van der Waals surface area contributed by atoms with Crippen LogP contribution in [0.1, 0.15) is 43.2 Å². The van der Waals surface area contributed by atoms with Crippen LogP contribution in [0, 0.1) is 12.8 Å². The van der Waals surface area contributed by atoms with Crippen LogP contribution in [0.5, 0.6) is 0 Å². The summed E-state index contributed by atoms with van der Waals surface area (Å²) in [4.78, 5) is 35.2. The molecular weight excluding hydrogens is 486 g/mol. The number of hydrogen-bond donors (Lipinski definition) is 1. The van der Waals surface area contributed by atoms with Crippen LogP contribution in [0.25, 0.3) is 22.6 Å². The first kappa shape index (κ1) is 25.7. The highest BCUT2D eigenvalue weighted by atomic mass is 16.6. The number of aliphatic hydroxyl groups excluding tert-OH is 1. The number of fused-ring (bicyclic) bond motifs is 1. The van der Waals surface area contributed by atoms with E-state index in [-0.39, 0.29) is 25.0 Å². The molecule has 4 aromatic rings. The lowest BCUT2D eigenvalue weighted by molar-refractivity contribution is -0.138. The number of aromatic nitrogens is 2. The van der Waals surface area contributed by atoms with Crippen molar-refractivity contribution in [3.05, 3.63) is 71.4 Å². The number of hydrogen-bond acceptors (Lipinski definition) is 8. The average molecular weight is 518 g/mol. The lowest BCUT2D eigenvalue weighted by Gasteiger charge is -2.24. The summed E-state index contributed by atoms with van der Waals surface area (Å²) in [5.41, 5.74) is 3.88. The number of benzene rings is 2. The molecule has 1 aliphatic heterocycles. The molecule has 0 bridgehead atoms. The number of aryl methyl sites for hydroxylation is 3. The molecule has 2 atom stereocenters. The minimum Gasteiger partial charge on any atom is -0.447 e. The van der Waals surface area contributed by atoms with Gasteiger partial charge >= 0.3 is 6.09 Å². The zero-order valence-electron chi connectivity index (χ0n) is 21.7. The fourth-order valence-corrected chi connectivity index (χ4v) is 4.68. The third kappa shape index (κ3) is 5.33. The standard InChI is InChI=1S/C29H31N3O6/c1-17(2)23-16-36-29(35)32(23)28(34)24(33)15-19-12-13-25-22(14-19)30-26(38-25)11-7-10-21-18(3)37-27(31-21)20-8-5-4-6-9-20/h4-6,8-9,12-14,17,23-24,33H,7,10-11,15-16H2,1-3H3/t23-,24+/m1/s1. The van der Waals surface area contributed by atoms with Crippen LogP contribution in [0.4, 0.5) is 4.79 Å². The van der Waals surface area contributed by atoms with Crippen molar-refractivity contribution in [2.45, 2.75) is 58.6 Å². The zero-order valence-corrected chi connectivity index (χ0v) is 21.7. The Hall–Kier alpha value is -3.98. The second kappa shape index (κ2) is 10.8. The van der Waals surface area contributed by atoms with Gasteiger partial charge in [0.1, 0.15) is 24.0 Å². The third-order valence-corrected chi connectivity index (χ3v) is 6.84. The molecule has 1 fully saturated rings. The summed E-state index contributed by atoms with van der Waals surface area (Å²) >= 11 is 0. The summed E-state index contributed by atoms with van der Waals surface area (Å²) in [7, 11) is 0. The molecule has 2 amide bonds. The molecule has 2 aromatic heterocycles. The molecule has 9 nitrogen and oxygen atoms in total. The van der Waals surface area contributed by atoms with Crippen molar-refractivity contribution in [2.75, 3.05) is 6.61 Å². The predicted octanol–water partition coefficient (Wildman–Crippen LogP) is 4.87. The van der Waals surface area contributed by atoms with Crippen LogP contribution in [0.3, 0.4) is 0 Å². The van der Waals surface area contributed by atoms with E-state index in [4.69, 9.17) is 13.6 Å². The normalized spacial score (nSPS) is 16.4. The highest BCUT2D eigenvalue weighted by molar-refractivity contribution is 5.96. The van der Waals surface area contributed by atoms with Crippen molar-refractivity contribution in [3.8, 4) is 11.5 Å². The van der Waals surface area contributed by atoms with Gasteiger partial charge in [0, 0.05) is 18.4 Å². The Morgan fingerprint density at radius 1 is 1.11 bits per heavy atom. The molecule has 1 saturated heterocycles. The predicted molar refractivity (Wildman–Crippen MR) is 139 cm³/mol. The molecule has 0 spiro atoms. The van der Waals surface area contributed by atoms with E-state index < -0.39 is 18.1 Å². The molecule has 0 aliphatic carbocycles. The zero-order chi connectivity index (χ0) is 26.8. The van der Waals surface area contributed by atoms with Crippen LogP contribution in [-0.2, 0) is 28.8 Å². The van der Waals surface area contributed by atoms with Gasteiger partial charge in [0.15, 0.2) is 11.5 Å². The highest BCUT2D eigenvalue weighted by Crippen LogP contribution is 2.25. The Morgan fingerprint density at radius 2 is 1.89 bits per heavy atom. The van der Waals surface area contributed by atoms with Crippen LogP contribution >= 0.6 is 0 Å². The van der Waals surface area contributed by atoms with Crippen molar-refractivity contribution in [1.82, 2.24) is 14.9 Å². The van der Waals surface area contributed by atoms with Gasteiger partial charge in [-0.2, -0.15) is 0 Å². The lowest BCUT2D eigenvalue weighted by Crippen LogP contribution is -2.47. The van der Waals surface area contributed by atoms with Crippen molar-refractivity contribution < 1.29 is 28.3 Å². The van der Waals surface area contributed by atoms with E-state index in [0.29, 0.717) is 29.3 Å². The quantitative estimate of drug-likeness (QED) is 0.334.